The summed E-state index contributed by atoms with van der Waals surface area (Å²) in [6.45, 7) is 6.47. The first-order valence-electron chi connectivity index (χ1n) is 19.0. The van der Waals surface area contributed by atoms with Gasteiger partial charge >= 0.3 is 23.1 Å². The summed E-state index contributed by atoms with van der Waals surface area (Å²) in [5.74, 6) is -1.81. The minimum atomic E-state index is -0.903. The molecule has 0 aliphatic rings. The molecule has 0 bridgehead atoms. The number of aliphatic carboxylic acids is 2. The molecule has 0 unspecified atom stereocenters. The Labute approximate surface area is 297 Å². The van der Waals surface area contributed by atoms with Gasteiger partial charge < -0.3 is 30.4 Å². The van der Waals surface area contributed by atoms with E-state index in [0.29, 0.717) is 0 Å². The van der Waals surface area contributed by atoms with Crippen molar-refractivity contribution in [2.75, 3.05) is 6.61 Å². The minimum absolute atomic E-state index is 0. The van der Waals surface area contributed by atoms with Crippen LogP contribution in [0, 0.1) is 0 Å². The molecule has 0 rings (SSSR count). The van der Waals surface area contributed by atoms with Crippen LogP contribution in [0.1, 0.15) is 226 Å². The first kappa shape index (κ1) is 54.1. The van der Waals surface area contributed by atoms with E-state index in [1.165, 1.54) is 167 Å². The average molecular weight is 655 g/mol. The Balaban J connectivity index is -0.000000209. The number of unbranched alkanes of at least 4 members (excludes halogenated alkanes) is 28. The Morgan fingerprint density at radius 1 is 0.378 bits per heavy atom. The molecule has 3 N–H and O–H groups in total. The maximum Gasteiger partial charge on any atom is 2.00 e. The van der Waals surface area contributed by atoms with Crippen molar-refractivity contribution in [2.45, 2.75) is 226 Å². The zero-order chi connectivity index (χ0) is 32.5. The summed E-state index contributed by atoms with van der Waals surface area (Å²) in [5, 5.41) is 28.0. The molecule has 0 aliphatic carbocycles. The van der Waals surface area contributed by atoms with E-state index >= 15 is 0 Å². The van der Waals surface area contributed by atoms with Crippen molar-refractivity contribution >= 4 is 35.0 Å². The van der Waals surface area contributed by atoms with Crippen molar-refractivity contribution < 1.29 is 30.4 Å². The average Bonchev–Trinajstić information content (AvgIpc) is 2.97. The van der Waals surface area contributed by atoms with Crippen molar-refractivity contribution in [3.8, 4) is 0 Å². The molecule has 6 nitrogen and oxygen atoms in total. The smallest absolute Gasteiger partial charge is 0.550 e. The second kappa shape index (κ2) is 53.1. The molecular weight excluding hydrogens is 577 g/mol. The van der Waals surface area contributed by atoms with Gasteiger partial charge in [0.1, 0.15) is 0 Å². The summed E-state index contributed by atoms with van der Waals surface area (Å²) in [6.07, 6.45) is 39.7. The van der Waals surface area contributed by atoms with Crippen molar-refractivity contribution in [2.24, 2.45) is 0 Å². The number of aliphatic hydroxyl groups is 1. The topological polar surface area (TPSA) is 132 Å². The molecule has 0 aliphatic heterocycles. The van der Waals surface area contributed by atoms with Gasteiger partial charge in [-0.1, -0.05) is 194 Å². The standard InChI is InChI=1S/2C18H36O2.C2H6O.Mg.H2O/c2*1-2-3-4-5-6-7-8-9-10-11-12-13-14-15-16-17-18(19)20;1-2-3;;/h2*2-17H2,1H3,(H,19,20);3H,2H2,1H3;;1H2/q;;;+2;/p-2. The number of hydrogen-bond donors (Lipinski definition) is 1. The first-order valence-corrected chi connectivity index (χ1v) is 19.0. The van der Waals surface area contributed by atoms with Gasteiger partial charge in [0.2, 0.25) is 0 Å². The normalized spacial score (nSPS) is 10.0. The summed E-state index contributed by atoms with van der Waals surface area (Å²) in [5.41, 5.74) is 0. The third kappa shape index (κ3) is 66.9. The molecular formula is C38H78MgO6. The van der Waals surface area contributed by atoms with Gasteiger partial charge in [-0.2, -0.15) is 0 Å². The fourth-order valence-corrected chi connectivity index (χ4v) is 5.28. The number of carboxylic acids is 2. The van der Waals surface area contributed by atoms with Gasteiger partial charge in [-0.05, 0) is 32.6 Å². The van der Waals surface area contributed by atoms with Crippen molar-refractivity contribution in [1.82, 2.24) is 0 Å². The quantitative estimate of drug-likeness (QED) is 0.0572. The van der Waals surface area contributed by atoms with E-state index in [-0.39, 0.29) is 48.0 Å². The van der Waals surface area contributed by atoms with Crippen molar-refractivity contribution in [1.29, 1.82) is 0 Å². The number of hydrogen-bond acceptors (Lipinski definition) is 5. The Morgan fingerprint density at radius 2 is 0.511 bits per heavy atom. The maximum atomic E-state index is 10.2. The van der Waals surface area contributed by atoms with E-state index < -0.39 is 11.9 Å². The monoisotopic (exact) mass is 655 g/mol. The largest absolute Gasteiger partial charge is 2.00 e. The van der Waals surface area contributed by atoms with E-state index in [4.69, 9.17) is 5.11 Å². The molecule has 0 heterocycles. The Bertz CT molecular complexity index is 474. The first-order chi connectivity index (χ1) is 21.0. The molecule has 268 valence electrons. The third-order valence-corrected chi connectivity index (χ3v) is 7.97. The van der Waals surface area contributed by atoms with E-state index in [9.17, 15) is 19.8 Å². The van der Waals surface area contributed by atoms with Crippen LogP contribution in [0.2, 0.25) is 0 Å². The SMILES string of the molecule is CCCCCCCCCCCCCCCCCC(=O)[O-].CCCCCCCCCCCCCCCCCC(=O)[O-].CCO.O.[Mg+2]. The number of carbonyl (C=O) groups is 2. The zero-order valence-corrected chi connectivity index (χ0v) is 32.0. The van der Waals surface area contributed by atoms with Crippen LogP contribution in [0.4, 0.5) is 0 Å². The molecule has 0 spiro atoms. The Morgan fingerprint density at radius 3 is 0.644 bits per heavy atom. The van der Waals surface area contributed by atoms with Crippen LogP contribution in [0.5, 0.6) is 0 Å². The summed E-state index contributed by atoms with van der Waals surface area (Å²) >= 11 is 0. The van der Waals surface area contributed by atoms with Gasteiger partial charge in [0.25, 0.3) is 0 Å². The molecule has 0 aromatic rings. The number of rotatable bonds is 32. The molecule has 0 saturated carbocycles. The molecule has 0 atom stereocenters. The second-order valence-electron chi connectivity index (χ2n) is 12.5. The van der Waals surface area contributed by atoms with Crippen LogP contribution in [-0.2, 0) is 9.59 Å². The molecule has 0 radical (unpaired) electrons. The molecule has 0 aromatic carbocycles. The van der Waals surface area contributed by atoms with Gasteiger partial charge in [-0.15, -0.1) is 0 Å². The van der Waals surface area contributed by atoms with Gasteiger partial charge in [-0.25, -0.2) is 0 Å². The number of aliphatic hydroxyl groups excluding tert-OH is 1. The van der Waals surface area contributed by atoms with E-state index in [2.05, 4.69) is 13.8 Å². The third-order valence-electron chi connectivity index (χ3n) is 7.97. The van der Waals surface area contributed by atoms with Gasteiger partial charge in [-0.3, -0.25) is 0 Å². The number of carboxylic acid groups (broad SMARTS) is 2. The minimum Gasteiger partial charge on any atom is -0.550 e. The number of carbonyl (C=O) groups excluding carboxylic acids is 2. The summed E-state index contributed by atoms with van der Waals surface area (Å²) in [6, 6.07) is 0. The maximum absolute atomic E-state index is 10.2. The Kier molecular flexibility index (Phi) is 63.9. The predicted molar refractivity (Wildman–Crippen MR) is 191 cm³/mol. The van der Waals surface area contributed by atoms with Gasteiger partial charge in [0.05, 0.1) is 0 Å². The predicted octanol–water partition coefficient (Wildman–Crippen LogP) is 8.79. The fraction of sp³-hybridized carbons (Fsp3) is 0.947. The van der Waals surface area contributed by atoms with Crippen molar-refractivity contribution in [3.63, 3.8) is 0 Å². The molecule has 0 aromatic heterocycles. The molecule has 7 heteroatoms. The second-order valence-corrected chi connectivity index (χ2v) is 12.5. The fourth-order valence-electron chi connectivity index (χ4n) is 5.28. The summed E-state index contributed by atoms with van der Waals surface area (Å²) < 4.78 is 0. The van der Waals surface area contributed by atoms with E-state index in [1.54, 1.807) is 6.92 Å². The van der Waals surface area contributed by atoms with Gasteiger partial charge in [0, 0.05) is 18.5 Å². The summed E-state index contributed by atoms with van der Waals surface area (Å²) in [4.78, 5) is 20.4. The van der Waals surface area contributed by atoms with Crippen LogP contribution in [0.3, 0.4) is 0 Å². The van der Waals surface area contributed by atoms with Crippen LogP contribution in [0.15, 0.2) is 0 Å². The van der Waals surface area contributed by atoms with Crippen molar-refractivity contribution in [3.05, 3.63) is 0 Å². The van der Waals surface area contributed by atoms with Crippen LogP contribution in [-0.4, -0.2) is 52.2 Å². The molecule has 0 fully saturated rings. The zero-order valence-electron chi connectivity index (χ0n) is 30.6. The molecule has 0 amide bonds. The van der Waals surface area contributed by atoms with Crippen LogP contribution < -0.4 is 10.2 Å². The van der Waals surface area contributed by atoms with E-state index in [1.807, 2.05) is 0 Å². The van der Waals surface area contributed by atoms with E-state index in [0.717, 1.165) is 25.7 Å². The van der Waals surface area contributed by atoms with Crippen LogP contribution >= 0.6 is 0 Å². The molecule has 0 saturated heterocycles. The van der Waals surface area contributed by atoms with Crippen LogP contribution in [0.25, 0.3) is 0 Å². The van der Waals surface area contributed by atoms with Gasteiger partial charge in [0.15, 0.2) is 0 Å². The Hall–Kier alpha value is -0.374. The summed E-state index contributed by atoms with van der Waals surface area (Å²) in [7, 11) is 0. The molecule has 45 heavy (non-hydrogen) atoms.